The summed E-state index contributed by atoms with van der Waals surface area (Å²) in [5.41, 5.74) is 6.54. The molecule has 2 fully saturated rings. The highest BCUT2D eigenvalue weighted by molar-refractivity contribution is 7.99. The van der Waals surface area contributed by atoms with Crippen molar-refractivity contribution >= 4 is 11.8 Å². The van der Waals surface area contributed by atoms with Crippen LogP contribution in [0.4, 0.5) is 0 Å². The zero-order valence-electron chi connectivity index (χ0n) is 11.3. The van der Waals surface area contributed by atoms with Crippen LogP contribution in [-0.4, -0.2) is 42.6 Å². The van der Waals surface area contributed by atoms with Crippen molar-refractivity contribution in [2.75, 3.05) is 31.6 Å². The summed E-state index contributed by atoms with van der Waals surface area (Å²) in [6.45, 7) is 2.16. The first-order valence-corrected chi connectivity index (χ1v) is 8.39. The fourth-order valence-corrected chi connectivity index (χ4v) is 4.62. The second-order valence-corrected chi connectivity index (χ2v) is 7.16. The Morgan fingerprint density at radius 2 is 2.06 bits per heavy atom. The maximum Gasteiger partial charge on any atom is 0.0191 e. The summed E-state index contributed by atoms with van der Waals surface area (Å²) in [4.78, 5) is 2.59. The third-order valence-electron chi connectivity index (χ3n) is 4.87. The van der Waals surface area contributed by atoms with Crippen molar-refractivity contribution in [3.05, 3.63) is 0 Å². The SMILES string of the molecule is CN(CCC1(CN)CCCCC1)C1CCSC1. The second kappa shape index (κ2) is 6.44. The average Bonchev–Trinajstić information content (AvgIpc) is 2.91. The summed E-state index contributed by atoms with van der Waals surface area (Å²) in [6.07, 6.45) is 9.68. The normalized spacial score (nSPS) is 28.8. The van der Waals surface area contributed by atoms with E-state index in [0.717, 1.165) is 12.6 Å². The van der Waals surface area contributed by atoms with E-state index in [1.165, 1.54) is 63.0 Å². The van der Waals surface area contributed by atoms with Crippen molar-refractivity contribution < 1.29 is 0 Å². The molecule has 0 aromatic heterocycles. The number of nitrogens with zero attached hydrogens (tertiary/aromatic N) is 1. The Balaban J connectivity index is 1.78. The van der Waals surface area contributed by atoms with Crippen LogP contribution in [0.2, 0.25) is 0 Å². The summed E-state index contributed by atoms with van der Waals surface area (Å²) >= 11 is 2.11. The van der Waals surface area contributed by atoms with Gasteiger partial charge in [-0.1, -0.05) is 19.3 Å². The lowest BCUT2D eigenvalue weighted by molar-refractivity contribution is 0.144. The predicted molar refractivity (Wildman–Crippen MR) is 77.5 cm³/mol. The molecule has 0 radical (unpaired) electrons. The maximum absolute atomic E-state index is 6.06. The minimum Gasteiger partial charge on any atom is -0.330 e. The van der Waals surface area contributed by atoms with Gasteiger partial charge in [0, 0.05) is 11.8 Å². The molecule has 2 nitrogen and oxygen atoms in total. The molecule has 1 aliphatic heterocycles. The molecule has 3 heteroatoms. The van der Waals surface area contributed by atoms with Crippen LogP contribution in [0, 0.1) is 5.41 Å². The lowest BCUT2D eigenvalue weighted by Gasteiger charge is -2.38. The molecule has 1 aliphatic carbocycles. The van der Waals surface area contributed by atoms with Crippen molar-refractivity contribution in [3.63, 3.8) is 0 Å². The van der Waals surface area contributed by atoms with Gasteiger partial charge in [-0.3, -0.25) is 0 Å². The summed E-state index contributed by atoms with van der Waals surface area (Å²) < 4.78 is 0. The Bertz CT molecular complexity index is 220. The van der Waals surface area contributed by atoms with Gasteiger partial charge in [0.1, 0.15) is 0 Å². The fraction of sp³-hybridized carbons (Fsp3) is 1.00. The molecule has 1 saturated heterocycles. The molecule has 2 rings (SSSR count). The Hall–Kier alpha value is 0.270. The summed E-state index contributed by atoms with van der Waals surface area (Å²) in [6, 6.07) is 0.832. The highest BCUT2D eigenvalue weighted by Gasteiger charge is 2.31. The van der Waals surface area contributed by atoms with Crippen LogP contribution in [0.5, 0.6) is 0 Å². The minimum absolute atomic E-state index is 0.484. The third kappa shape index (κ3) is 3.62. The van der Waals surface area contributed by atoms with Crippen LogP contribution >= 0.6 is 11.8 Å². The molecule has 0 spiro atoms. The van der Waals surface area contributed by atoms with E-state index in [4.69, 9.17) is 5.73 Å². The number of nitrogens with two attached hydrogens (primary N) is 1. The number of thioether (sulfide) groups is 1. The van der Waals surface area contributed by atoms with Crippen molar-refractivity contribution in [2.24, 2.45) is 11.1 Å². The van der Waals surface area contributed by atoms with Gasteiger partial charge in [-0.15, -0.1) is 0 Å². The maximum atomic E-state index is 6.06. The molecule has 0 bridgehead atoms. The van der Waals surface area contributed by atoms with Crippen molar-refractivity contribution in [3.8, 4) is 0 Å². The zero-order chi connectivity index (χ0) is 12.1. The Kier molecular flexibility index (Phi) is 5.19. The van der Waals surface area contributed by atoms with Crippen LogP contribution in [0.25, 0.3) is 0 Å². The number of hydrogen-bond donors (Lipinski definition) is 1. The first-order valence-electron chi connectivity index (χ1n) is 7.24. The number of rotatable bonds is 5. The van der Waals surface area contributed by atoms with Crippen LogP contribution in [0.1, 0.15) is 44.9 Å². The smallest absolute Gasteiger partial charge is 0.0191 e. The van der Waals surface area contributed by atoms with Crippen LogP contribution in [0.15, 0.2) is 0 Å². The fourth-order valence-electron chi connectivity index (χ4n) is 3.32. The van der Waals surface area contributed by atoms with Gasteiger partial charge in [-0.05, 0) is 57.0 Å². The van der Waals surface area contributed by atoms with Gasteiger partial charge in [0.25, 0.3) is 0 Å². The topological polar surface area (TPSA) is 29.3 Å². The second-order valence-electron chi connectivity index (χ2n) is 6.01. The molecule has 0 amide bonds. The molecule has 2 N–H and O–H groups in total. The molecular formula is C14H28N2S. The standard InChI is InChI=1S/C14H28N2S/c1-16(13-5-10-17-11-13)9-8-14(12-15)6-3-2-4-7-14/h13H,2-12,15H2,1H3. The number of hydrogen-bond acceptors (Lipinski definition) is 3. The van der Waals surface area contributed by atoms with Crippen molar-refractivity contribution in [1.29, 1.82) is 0 Å². The summed E-state index contributed by atoms with van der Waals surface area (Å²) in [5, 5.41) is 0. The van der Waals surface area contributed by atoms with Gasteiger partial charge < -0.3 is 10.6 Å². The highest BCUT2D eigenvalue weighted by atomic mass is 32.2. The van der Waals surface area contributed by atoms with E-state index in [2.05, 4.69) is 23.7 Å². The Morgan fingerprint density at radius 1 is 1.29 bits per heavy atom. The molecular weight excluding hydrogens is 228 g/mol. The van der Waals surface area contributed by atoms with E-state index in [-0.39, 0.29) is 0 Å². The summed E-state index contributed by atoms with van der Waals surface area (Å²) in [7, 11) is 2.31. The van der Waals surface area contributed by atoms with Crippen LogP contribution in [-0.2, 0) is 0 Å². The minimum atomic E-state index is 0.484. The lowest BCUT2D eigenvalue weighted by Crippen LogP contribution is -2.39. The summed E-state index contributed by atoms with van der Waals surface area (Å²) in [5.74, 6) is 2.70. The third-order valence-corrected chi connectivity index (χ3v) is 6.02. The van der Waals surface area contributed by atoms with Gasteiger partial charge >= 0.3 is 0 Å². The van der Waals surface area contributed by atoms with Gasteiger partial charge in [0.15, 0.2) is 0 Å². The Morgan fingerprint density at radius 3 is 2.65 bits per heavy atom. The largest absolute Gasteiger partial charge is 0.330 e. The predicted octanol–water partition coefficient (Wildman–Crippen LogP) is 2.72. The first-order chi connectivity index (χ1) is 8.26. The van der Waals surface area contributed by atoms with Crippen LogP contribution in [0.3, 0.4) is 0 Å². The van der Waals surface area contributed by atoms with Crippen LogP contribution < -0.4 is 5.73 Å². The van der Waals surface area contributed by atoms with Gasteiger partial charge in [0.05, 0.1) is 0 Å². The van der Waals surface area contributed by atoms with E-state index in [1.54, 1.807) is 0 Å². The monoisotopic (exact) mass is 256 g/mol. The van der Waals surface area contributed by atoms with E-state index in [0.29, 0.717) is 5.41 Å². The van der Waals surface area contributed by atoms with Gasteiger partial charge in [-0.25, -0.2) is 0 Å². The Labute approximate surface area is 111 Å². The molecule has 1 atom stereocenters. The molecule has 0 aromatic rings. The van der Waals surface area contributed by atoms with E-state index >= 15 is 0 Å². The molecule has 1 saturated carbocycles. The van der Waals surface area contributed by atoms with E-state index in [1.807, 2.05) is 0 Å². The molecule has 100 valence electrons. The van der Waals surface area contributed by atoms with Crippen molar-refractivity contribution in [1.82, 2.24) is 4.90 Å². The molecule has 1 unspecified atom stereocenters. The van der Waals surface area contributed by atoms with Crippen molar-refractivity contribution in [2.45, 2.75) is 51.0 Å². The van der Waals surface area contributed by atoms with E-state index < -0.39 is 0 Å². The average molecular weight is 256 g/mol. The van der Waals surface area contributed by atoms with Gasteiger partial charge in [0.2, 0.25) is 0 Å². The molecule has 2 aliphatic rings. The quantitative estimate of drug-likeness (QED) is 0.820. The highest BCUT2D eigenvalue weighted by Crippen LogP contribution is 2.38. The molecule has 0 aromatic carbocycles. The molecule has 17 heavy (non-hydrogen) atoms. The zero-order valence-corrected chi connectivity index (χ0v) is 12.1. The van der Waals surface area contributed by atoms with E-state index in [9.17, 15) is 0 Å². The lowest BCUT2D eigenvalue weighted by atomic mass is 9.72. The first kappa shape index (κ1) is 13.7. The van der Waals surface area contributed by atoms with Gasteiger partial charge in [-0.2, -0.15) is 11.8 Å². The molecule has 1 heterocycles.